The monoisotopic (exact) mass is 499 g/mol. The number of benzene rings is 2. The van der Waals surface area contributed by atoms with E-state index in [0.717, 1.165) is 35.7 Å². The largest absolute Gasteiger partial charge is 0.480 e. The van der Waals surface area contributed by atoms with Gasteiger partial charge in [0.15, 0.2) is 5.60 Å². The first-order valence-corrected chi connectivity index (χ1v) is 11.6. The summed E-state index contributed by atoms with van der Waals surface area (Å²) in [6.45, 7) is 3.66. The second-order valence-corrected chi connectivity index (χ2v) is 9.26. The van der Waals surface area contributed by atoms with E-state index in [0.29, 0.717) is 26.2 Å². The number of hydrogen-bond acceptors (Lipinski definition) is 5. The third-order valence-electron chi connectivity index (χ3n) is 6.69. The van der Waals surface area contributed by atoms with Crippen molar-refractivity contribution in [3.8, 4) is 11.1 Å². The summed E-state index contributed by atoms with van der Waals surface area (Å²) in [5.74, 6) is -0.850. The highest BCUT2D eigenvalue weighted by molar-refractivity contribution is 5.74. The van der Waals surface area contributed by atoms with Crippen LogP contribution in [0.5, 0.6) is 0 Å². The predicted octanol–water partition coefficient (Wildman–Crippen LogP) is 4.29. The molecule has 1 aromatic heterocycles. The summed E-state index contributed by atoms with van der Waals surface area (Å²) in [4.78, 5) is 20.0. The van der Waals surface area contributed by atoms with Crippen LogP contribution in [0.3, 0.4) is 0 Å². The van der Waals surface area contributed by atoms with E-state index in [9.17, 15) is 28.2 Å². The fraction of sp³-hybridized carbons (Fsp3) is 0.333. The van der Waals surface area contributed by atoms with Gasteiger partial charge in [-0.1, -0.05) is 48.5 Å². The normalized spacial score (nSPS) is 19.1. The molecule has 6 nitrogen and oxygen atoms in total. The minimum atomic E-state index is -4.76. The molecular weight excluding hydrogens is 471 g/mol. The number of pyridine rings is 1. The number of alkyl halides is 3. The van der Waals surface area contributed by atoms with Crippen LogP contribution < -0.4 is 0 Å². The molecule has 2 aromatic carbocycles. The topological polar surface area (TPSA) is 76.9 Å². The molecule has 0 amide bonds. The van der Waals surface area contributed by atoms with Gasteiger partial charge in [-0.15, -0.1) is 0 Å². The lowest BCUT2D eigenvalue weighted by Gasteiger charge is -2.39. The van der Waals surface area contributed by atoms with Gasteiger partial charge < -0.3 is 10.2 Å². The standard InChI is InChI=1S/C27H28F3N3O3/c1-26(36,27(28,29)30)23-8-6-22(7-9-23)21-4-2-19(3-5-21)16-32-14-15-33(24(18-32)25(34)35)17-20-10-12-31-13-11-20/h2-13,24,36H,14-18H2,1H3,(H,34,35)/t24-,26?/m0/s1. The molecule has 4 rings (SSSR count). The van der Waals surface area contributed by atoms with Crippen LogP contribution in [0.4, 0.5) is 13.2 Å². The van der Waals surface area contributed by atoms with Crippen molar-refractivity contribution >= 4 is 5.97 Å². The number of carboxylic acid groups (broad SMARTS) is 1. The molecule has 1 aliphatic rings. The summed E-state index contributed by atoms with van der Waals surface area (Å²) in [6.07, 6.45) is -1.36. The molecule has 2 atom stereocenters. The zero-order chi connectivity index (χ0) is 25.9. The third-order valence-corrected chi connectivity index (χ3v) is 6.69. The number of halogens is 3. The van der Waals surface area contributed by atoms with Crippen molar-refractivity contribution < 1.29 is 28.2 Å². The molecule has 0 saturated carbocycles. The fourth-order valence-corrected chi connectivity index (χ4v) is 4.38. The number of aromatic nitrogens is 1. The van der Waals surface area contributed by atoms with Crippen LogP contribution >= 0.6 is 0 Å². The first-order chi connectivity index (χ1) is 17.0. The molecule has 0 aliphatic carbocycles. The van der Waals surface area contributed by atoms with Crippen LogP contribution in [0, 0.1) is 0 Å². The first-order valence-electron chi connectivity index (χ1n) is 11.6. The van der Waals surface area contributed by atoms with Crippen LogP contribution in [0.15, 0.2) is 73.1 Å². The predicted molar refractivity (Wildman–Crippen MR) is 129 cm³/mol. The van der Waals surface area contributed by atoms with E-state index < -0.39 is 23.8 Å². The number of rotatable bonds is 7. The molecule has 1 aliphatic heterocycles. The Morgan fingerprint density at radius 1 is 0.917 bits per heavy atom. The summed E-state index contributed by atoms with van der Waals surface area (Å²) < 4.78 is 39.2. The van der Waals surface area contributed by atoms with E-state index in [-0.39, 0.29) is 5.56 Å². The summed E-state index contributed by atoms with van der Waals surface area (Å²) in [6, 6.07) is 16.5. The second-order valence-electron chi connectivity index (χ2n) is 9.26. The highest BCUT2D eigenvalue weighted by atomic mass is 19.4. The van der Waals surface area contributed by atoms with E-state index >= 15 is 0 Å². The molecule has 2 N–H and O–H groups in total. The Morgan fingerprint density at radius 2 is 1.47 bits per heavy atom. The number of hydrogen-bond donors (Lipinski definition) is 2. The summed E-state index contributed by atoms with van der Waals surface area (Å²) >= 11 is 0. The van der Waals surface area contributed by atoms with Crippen molar-refractivity contribution in [1.82, 2.24) is 14.8 Å². The highest BCUT2D eigenvalue weighted by Gasteiger charge is 2.51. The maximum absolute atomic E-state index is 13.1. The van der Waals surface area contributed by atoms with E-state index in [4.69, 9.17) is 0 Å². The lowest BCUT2D eigenvalue weighted by molar-refractivity contribution is -0.258. The number of carboxylic acids is 1. The minimum Gasteiger partial charge on any atom is -0.480 e. The molecule has 1 unspecified atom stereocenters. The van der Waals surface area contributed by atoms with Gasteiger partial charge >= 0.3 is 12.1 Å². The molecule has 0 radical (unpaired) electrons. The zero-order valence-corrected chi connectivity index (χ0v) is 19.8. The maximum atomic E-state index is 13.1. The van der Waals surface area contributed by atoms with Crippen LogP contribution in [0.1, 0.15) is 23.6 Å². The molecule has 9 heteroatoms. The number of nitrogens with zero attached hydrogens (tertiary/aromatic N) is 3. The average molecular weight is 500 g/mol. The highest BCUT2D eigenvalue weighted by Crippen LogP contribution is 2.39. The zero-order valence-electron chi connectivity index (χ0n) is 19.8. The van der Waals surface area contributed by atoms with E-state index in [1.54, 1.807) is 24.5 Å². The lowest BCUT2D eigenvalue weighted by Crippen LogP contribution is -2.55. The minimum absolute atomic E-state index is 0.216. The Morgan fingerprint density at radius 3 is 2.03 bits per heavy atom. The molecule has 3 aromatic rings. The van der Waals surface area contributed by atoms with Gasteiger partial charge in [0, 0.05) is 45.1 Å². The molecule has 2 heterocycles. The van der Waals surface area contributed by atoms with Gasteiger partial charge in [0.25, 0.3) is 0 Å². The molecule has 36 heavy (non-hydrogen) atoms. The van der Waals surface area contributed by atoms with E-state index in [1.165, 1.54) is 12.1 Å². The van der Waals surface area contributed by atoms with E-state index in [2.05, 4.69) is 9.88 Å². The van der Waals surface area contributed by atoms with Crippen LogP contribution in [-0.2, 0) is 23.5 Å². The fourth-order valence-electron chi connectivity index (χ4n) is 4.38. The first kappa shape index (κ1) is 25.8. The van der Waals surface area contributed by atoms with Crippen LogP contribution in [0.25, 0.3) is 11.1 Å². The van der Waals surface area contributed by atoms with Crippen molar-refractivity contribution in [2.24, 2.45) is 0 Å². The van der Waals surface area contributed by atoms with Gasteiger partial charge in [0.2, 0.25) is 0 Å². The number of carbonyl (C=O) groups is 1. The van der Waals surface area contributed by atoms with Crippen molar-refractivity contribution in [1.29, 1.82) is 0 Å². The Hall–Kier alpha value is -3.27. The Labute approximate surface area is 207 Å². The molecule has 1 saturated heterocycles. The molecule has 190 valence electrons. The summed E-state index contributed by atoms with van der Waals surface area (Å²) in [7, 11) is 0. The summed E-state index contributed by atoms with van der Waals surface area (Å²) in [5, 5.41) is 19.6. The smallest absolute Gasteiger partial charge is 0.421 e. The molecule has 0 bridgehead atoms. The van der Waals surface area contributed by atoms with Crippen LogP contribution in [0.2, 0.25) is 0 Å². The second kappa shape index (κ2) is 10.4. The van der Waals surface area contributed by atoms with Gasteiger partial charge in [-0.25, -0.2) is 0 Å². The molecule has 0 spiro atoms. The van der Waals surface area contributed by atoms with Crippen molar-refractivity contribution in [3.63, 3.8) is 0 Å². The number of aliphatic hydroxyl groups is 1. The van der Waals surface area contributed by atoms with Crippen LogP contribution in [-0.4, -0.2) is 62.8 Å². The van der Waals surface area contributed by atoms with Gasteiger partial charge in [-0.3, -0.25) is 19.6 Å². The van der Waals surface area contributed by atoms with E-state index in [1.807, 2.05) is 41.3 Å². The number of aliphatic carboxylic acids is 1. The van der Waals surface area contributed by atoms with Gasteiger partial charge in [-0.2, -0.15) is 13.2 Å². The quantitative estimate of drug-likeness (QED) is 0.505. The van der Waals surface area contributed by atoms with Crippen molar-refractivity contribution in [3.05, 3.63) is 89.7 Å². The summed E-state index contributed by atoms with van der Waals surface area (Å²) in [5.41, 5.74) is 0.483. The Kier molecular flexibility index (Phi) is 7.44. The van der Waals surface area contributed by atoms with Gasteiger partial charge in [-0.05, 0) is 46.9 Å². The third kappa shape index (κ3) is 5.75. The maximum Gasteiger partial charge on any atom is 0.421 e. The lowest BCUT2D eigenvalue weighted by atomic mass is 9.93. The average Bonchev–Trinajstić information content (AvgIpc) is 2.85. The van der Waals surface area contributed by atoms with Gasteiger partial charge in [0.05, 0.1) is 0 Å². The SMILES string of the molecule is CC(O)(c1ccc(-c2ccc(CN3CCN(Cc4ccncc4)[C@H](C(=O)O)C3)cc2)cc1)C(F)(F)F. The number of piperazine rings is 1. The Balaban J connectivity index is 1.39. The van der Waals surface area contributed by atoms with Crippen molar-refractivity contribution in [2.45, 2.75) is 37.8 Å². The molecule has 1 fully saturated rings. The Bertz CT molecular complexity index is 1170. The molecular formula is C27H28F3N3O3. The van der Waals surface area contributed by atoms with Crippen molar-refractivity contribution in [2.75, 3.05) is 19.6 Å². The van der Waals surface area contributed by atoms with Gasteiger partial charge in [0.1, 0.15) is 6.04 Å².